The first-order valence-corrected chi connectivity index (χ1v) is 9.65. The largest absolute Gasteiger partial charge is 0.273 e. The summed E-state index contributed by atoms with van der Waals surface area (Å²) in [4.78, 5) is 24.5. The molecule has 24 heavy (non-hydrogen) atoms. The van der Waals surface area contributed by atoms with Crippen LogP contribution in [-0.2, 0) is 4.79 Å². The maximum atomic E-state index is 12.4. The van der Waals surface area contributed by atoms with Gasteiger partial charge in [-0.15, -0.1) is 0 Å². The molecule has 0 heterocycles. The molecule has 4 aliphatic rings. The minimum Gasteiger partial charge on any atom is -0.273 e. The second-order valence-corrected chi connectivity index (χ2v) is 9.02. The zero-order chi connectivity index (χ0) is 16.7. The second kappa shape index (κ2) is 6.17. The minimum absolute atomic E-state index is 0.0553. The van der Waals surface area contributed by atoms with E-state index in [2.05, 4.69) is 26.8 Å². The average molecular weight is 391 g/mol. The van der Waals surface area contributed by atoms with Gasteiger partial charge in [0.2, 0.25) is 5.91 Å². The van der Waals surface area contributed by atoms with Crippen LogP contribution in [0.4, 0.5) is 0 Å². The SMILES string of the molecule is O=C(CC12CC3CC(CC(C3)C1)C2)NNC(=O)c1cccc(Br)c1. The molecule has 0 atom stereocenters. The molecule has 2 N–H and O–H groups in total. The van der Waals surface area contributed by atoms with Crippen molar-refractivity contribution in [2.45, 2.75) is 44.9 Å². The molecule has 1 aromatic rings. The lowest BCUT2D eigenvalue weighted by atomic mass is 9.49. The molecule has 5 heteroatoms. The Morgan fingerprint density at radius 2 is 1.67 bits per heavy atom. The van der Waals surface area contributed by atoms with Crippen LogP contribution in [0.3, 0.4) is 0 Å². The molecule has 4 fully saturated rings. The van der Waals surface area contributed by atoms with Crippen LogP contribution in [0.1, 0.15) is 55.3 Å². The van der Waals surface area contributed by atoms with E-state index in [0.717, 1.165) is 22.2 Å². The van der Waals surface area contributed by atoms with Gasteiger partial charge in [0, 0.05) is 16.5 Å². The topological polar surface area (TPSA) is 58.2 Å². The first kappa shape index (κ1) is 16.1. The van der Waals surface area contributed by atoms with Gasteiger partial charge in [-0.05, 0) is 79.9 Å². The van der Waals surface area contributed by atoms with Crippen LogP contribution < -0.4 is 10.9 Å². The Hall–Kier alpha value is -1.36. The summed E-state index contributed by atoms with van der Waals surface area (Å²) >= 11 is 3.35. The molecular weight excluding hydrogens is 368 g/mol. The number of nitrogens with one attached hydrogen (secondary N) is 2. The van der Waals surface area contributed by atoms with Gasteiger partial charge in [0.25, 0.3) is 5.91 Å². The fourth-order valence-corrected chi connectivity index (χ4v) is 6.12. The molecule has 128 valence electrons. The summed E-state index contributed by atoms with van der Waals surface area (Å²) in [5.74, 6) is 2.16. The zero-order valence-electron chi connectivity index (χ0n) is 13.7. The van der Waals surface area contributed by atoms with E-state index in [9.17, 15) is 9.59 Å². The van der Waals surface area contributed by atoms with Crippen LogP contribution in [0.5, 0.6) is 0 Å². The van der Waals surface area contributed by atoms with Crippen molar-refractivity contribution >= 4 is 27.7 Å². The summed E-state index contributed by atoms with van der Waals surface area (Å²) in [7, 11) is 0. The van der Waals surface area contributed by atoms with Gasteiger partial charge in [0.05, 0.1) is 0 Å². The molecule has 1 aromatic carbocycles. The molecular formula is C19H23BrN2O2. The number of halogens is 1. The van der Waals surface area contributed by atoms with Gasteiger partial charge in [-0.25, -0.2) is 0 Å². The van der Waals surface area contributed by atoms with Crippen molar-refractivity contribution < 1.29 is 9.59 Å². The van der Waals surface area contributed by atoms with E-state index in [1.807, 2.05) is 6.07 Å². The van der Waals surface area contributed by atoms with Crippen molar-refractivity contribution in [3.8, 4) is 0 Å². The Morgan fingerprint density at radius 3 is 2.25 bits per heavy atom. The molecule has 0 aromatic heterocycles. The summed E-state index contributed by atoms with van der Waals surface area (Å²) in [6, 6.07) is 7.13. The summed E-state index contributed by atoms with van der Waals surface area (Å²) in [6.07, 6.45) is 8.28. The van der Waals surface area contributed by atoms with E-state index >= 15 is 0 Å². The first-order chi connectivity index (χ1) is 11.5. The van der Waals surface area contributed by atoms with Gasteiger partial charge in [0.1, 0.15) is 0 Å². The lowest BCUT2D eigenvalue weighted by Gasteiger charge is -2.56. The van der Waals surface area contributed by atoms with E-state index in [1.165, 1.54) is 38.5 Å². The molecule has 4 bridgehead atoms. The number of hydrogen-bond donors (Lipinski definition) is 2. The molecule has 0 unspecified atom stereocenters. The number of rotatable bonds is 3. The number of amides is 2. The Labute approximate surface area is 150 Å². The first-order valence-electron chi connectivity index (χ1n) is 8.86. The third kappa shape index (κ3) is 3.23. The number of hydrazine groups is 1. The summed E-state index contributed by atoms with van der Waals surface area (Å²) < 4.78 is 0.843. The third-order valence-electron chi connectivity index (χ3n) is 6.10. The number of carbonyl (C=O) groups excluding carboxylic acids is 2. The normalized spacial score (nSPS) is 33.3. The standard InChI is InChI=1S/C19H23BrN2O2/c20-16-3-1-2-15(7-16)18(24)22-21-17(23)11-19-8-12-4-13(9-19)6-14(5-12)10-19/h1-3,7,12-14H,4-6,8-11H2,(H,21,23)(H,22,24). The highest BCUT2D eigenvalue weighted by Crippen LogP contribution is 2.61. The van der Waals surface area contributed by atoms with Gasteiger partial charge in [0.15, 0.2) is 0 Å². The van der Waals surface area contributed by atoms with Crippen LogP contribution in [0, 0.1) is 23.2 Å². The van der Waals surface area contributed by atoms with E-state index in [1.54, 1.807) is 18.2 Å². The molecule has 0 spiro atoms. The maximum absolute atomic E-state index is 12.4. The van der Waals surface area contributed by atoms with Crippen LogP contribution in [0.25, 0.3) is 0 Å². The number of carbonyl (C=O) groups is 2. The average Bonchev–Trinajstić information content (AvgIpc) is 2.50. The molecule has 4 saturated carbocycles. The lowest BCUT2D eigenvalue weighted by Crippen LogP contribution is -2.50. The lowest BCUT2D eigenvalue weighted by molar-refractivity contribution is -0.130. The molecule has 2 amide bonds. The number of benzene rings is 1. The van der Waals surface area contributed by atoms with Gasteiger partial charge in [-0.1, -0.05) is 22.0 Å². The minimum atomic E-state index is -0.282. The molecule has 5 rings (SSSR count). The maximum Gasteiger partial charge on any atom is 0.269 e. The summed E-state index contributed by atoms with van der Waals surface area (Å²) in [5.41, 5.74) is 5.89. The van der Waals surface area contributed by atoms with Gasteiger partial charge in [-0.3, -0.25) is 20.4 Å². The quantitative estimate of drug-likeness (QED) is 0.770. The number of hydrogen-bond acceptors (Lipinski definition) is 2. The summed E-state index contributed by atoms with van der Waals surface area (Å²) in [5, 5.41) is 0. The fourth-order valence-electron chi connectivity index (χ4n) is 5.72. The van der Waals surface area contributed by atoms with E-state index < -0.39 is 0 Å². The molecule has 0 saturated heterocycles. The fraction of sp³-hybridized carbons (Fsp3) is 0.579. The van der Waals surface area contributed by atoms with Crippen LogP contribution in [0.15, 0.2) is 28.7 Å². The Bertz CT molecular complexity index is 638. The Kier molecular flexibility index (Phi) is 4.15. The Morgan fingerprint density at radius 1 is 1.04 bits per heavy atom. The van der Waals surface area contributed by atoms with Crippen LogP contribution in [0.2, 0.25) is 0 Å². The van der Waals surface area contributed by atoms with Gasteiger partial charge >= 0.3 is 0 Å². The monoisotopic (exact) mass is 390 g/mol. The highest BCUT2D eigenvalue weighted by Gasteiger charge is 2.51. The molecule has 4 aliphatic carbocycles. The molecule has 0 aliphatic heterocycles. The Balaban J connectivity index is 1.33. The highest BCUT2D eigenvalue weighted by molar-refractivity contribution is 9.10. The van der Waals surface area contributed by atoms with Crippen LogP contribution in [-0.4, -0.2) is 11.8 Å². The van der Waals surface area contributed by atoms with Crippen molar-refractivity contribution in [2.24, 2.45) is 23.2 Å². The van der Waals surface area contributed by atoms with Crippen molar-refractivity contribution in [3.63, 3.8) is 0 Å². The van der Waals surface area contributed by atoms with Crippen molar-refractivity contribution in [1.29, 1.82) is 0 Å². The van der Waals surface area contributed by atoms with Crippen molar-refractivity contribution in [3.05, 3.63) is 34.3 Å². The van der Waals surface area contributed by atoms with E-state index in [-0.39, 0.29) is 17.2 Å². The third-order valence-corrected chi connectivity index (χ3v) is 6.60. The van der Waals surface area contributed by atoms with Gasteiger partial charge in [-0.2, -0.15) is 0 Å². The second-order valence-electron chi connectivity index (χ2n) is 8.11. The van der Waals surface area contributed by atoms with Gasteiger partial charge < -0.3 is 0 Å². The zero-order valence-corrected chi connectivity index (χ0v) is 15.3. The highest BCUT2D eigenvalue weighted by atomic mass is 79.9. The van der Waals surface area contributed by atoms with E-state index in [0.29, 0.717) is 12.0 Å². The van der Waals surface area contributed by atoms with E-state index in [4.69, 9.17) is 0 Å². The van der Waals surface area contributed by atoms with Crippen molar-refractivity contribution in [1.82, 2.24) is 10.9 Å². The predicted octanol–water partition coefficient (Wildman–Crippen LogP) is 3.82. The van der Waals surface area contributed by atoms with Crippen molar-refractivity contribution in [2.75, 3.05) is 0 Å². The van der Waals surface area contributed by atoms with Crippen LogP contribution >= 0.6 is 15.9 Å². The summed E-state index contributed by atoms with van der Waals surface area (Å²) in [6.45, 7) is 0. The molecule has 4 nitrogen and oxygen atoms in total. The smallest absolute Gasteiger partial charge is 0.269 e. The molecule has 0 radical (unpaired) electrons. The predicted molar refractivity (Wildman–Crippen MR) is 95.0 cm³/mol.